The maximum absolute atomic E-state index is 5.55. The fourth-order valence-corrected chi connectivity index (χ4v) is 2.23. The van der Waals surface area contributed by atoms with Crippen LogP contribution < -0.4 is 14.8 Å². The van der Waals surface area contributed by atoms with E-state index in [2.05, 4.69) is 41.0 Å². The maximum atomic E-state index is 5.55. The number of methoxy groups -OCH3 is 1. The Kier molecular flexibility index (Phi) is 5.17. The van der Waals surface area contributed by atoms with Gasteiger partial charge in [-0.25, -0.2) is 0 Å². The van der Waals surface area contributed by atoms with E-state index in [1.807, 2.05) is 13.0 Å². The third kappa shape index (κ3) is 3.24. The van der Waals surface area contributed by atoms with Gasteiger partial charge in [0.25, 0.3) is 0 Å². The fraction of sp³-hybridized carbons (Fsp3) is 0.455. The zero-order valence-electron chi connectivity index (χ0n) is 9.34. The second kappa shape index (κ2) is 6.17. The first kappa shape index (κ1) is 12.6. The third-order valence-electron chi connectivity index (χ3n) is 2.02. The van der Waals surface area contributed by atoms with Crippen LogP contribution in [0.5, 0.6) is 11.5 Å². The molecule has 4 heteroatoms. The number of quaternary nitrogens is 1. The van der Waals surface area contributed by atoms with Gasteiger partial charge in [-0.2, -0.15) is 0 Å². The first-order chi connectivity index (χ1) is 7.22. The highest BCUT2D eigenvalue weighted by Gasteiger charge is 2.11. The van der Waals surface area contributed by atoms with Gasteiger partial charge in [0.15, 0.2) is 11.5 Å². The van der Waals surface area contributed by atoms with E-state index in [1.54, 1.807) is 7.11 Å². The van der Waals surface area contributed by atoms with Crippen molar-refractivity contribution in [2.75, 3.05) is 20.8 Å². The average Bonchev–Trinajstić information content (AvgIpc) is 2.22. The van der Waals surface area contributed by atoms with Gasteiger partial charge in [0, 0.05) is 5.56 Å². The van der Waals surface area contributed by atoms with Crippen molar-refractivity contribution in [2.24, 2.45) is 0 Å². The molecule has 0 saturated carbocycles. The van der Waals surface area contributed by atoms with E-state index in [0.717, 1.165) is 21.6 Å². The van der Waals surface area contributed by atoms with Gasteiger partial charge in [-0.15, -0.1) is 0 Å². The Morgan fingerprint density at radius 3 is 2.67 bits per heavy atom. The maximum Gasteiger partial charge on any atom is 0.174 e. The monoisotopic (exact) mass is 322 g/mol. The van der Waals surface area contributed by atoms with Crippen molar-refractivity contribution < 1.29 is 14.8 Å². The molecule has 0 aliphatic carbocycles. The van der Waals surface area contributed by atoms with Crippen molar-refractivity contribution in [3.05, 3.63) is 21.3 Å². The summed E-state index contributed by atoms with van der Waals surface area (Å²) in [5.41, 5.74) is 1.25. The van der Waals surface area contributed by atoms with Crippen LogP contribution in [-0.4, -0.2) is 20.8 Å². The highest BCUT2D eigenvalue weighted by Crippen LogP contribution is 2.33. The molecule has 0 heterocycles. The summed E-state index contributed by atoms with van der Waals surface area (Å²) in [4.78, 5) is 0. The number of nitrogens with two attached hydrogens (primary N) is 1. The number of ether oxygens (including phenoxy) is 2. The molecule has 2 N–H and O–H groups in total. The molecule has 0 spiro atoms. The van der Waals surface area contributed by atoms with E-state index in [9.17, 15) is 0 Å². The number of rotatable bonds is 5. The molecule has 1 rings (SSSR count). The normalized spacial score (nSPS) is 10.1. The molecule has 0 atom stereocenters. The SMILES string of the molecule is CCOc1c(I)cc(C[NH2+]C)cc1OC. The molecule has 0 saturated heterocycles. The Morgan fingerprint density at radius 1 is 1.40 bits per heavy atom. The predicted octanol–water partition coefficient (Wildman–Crippen LogP) is 1.39. The number of halogens is 1. The summed E-state index contributed by atoms with van der Waals surface area (Å²) in [5.74, 6) is 1.67. The second-order valence-corrected chi connectivity index (χ2v) is 4.32. The summed E-state index contributed by atoms with van der Waals surface area (Å²) < 4.78 is 12.0. The molecular formula is C11H17INO2+. The van der Waals surface area contributed by atoms with Crippen LogP contribution in [0.15, 0.2) is 12.1 Å². The van der Waals surface area contributed by atoms with E-state index in [4.69, 9.17) is 9.47 Å². The lowest BCUT2D eigenvalue weighted by Gasteiger charge is -2.12. The Balaban J connectivity index is 3.06. The first-order valence-corrected chi connectivity index (χ1v) is 6.07. The standard InChI is InChI=1S/C11H16INO2/c1-4-15-11-9(12)5-8(7-13-2)6-10(11)14-3/h5-6,13H,4,7H2,1-3H3/p+1. The first-order valence-electron chi connectivity index (χ1n) is 5.00. The number of benzene rings is 1. The lowest BCUT2D eigenvalue weighted by atomic mass is 10.2. The van der Waals surface area contributed by atoms with E-state index in [-0.39, 0.29) is 0 Å². The summed E-state index contributed by atoms with van der Waals surface area (Å²) in [7, 11) is 3.73. The molecule has 0 amide bonds. The molecular weight excluding hydrogens is 305 g/mol. The summed E-state index contributed by atoms with van der Waals surface area (Å²) in [5, 5.41) is 2.13. The van der Waals surface area contributed by atoms with E-state index in [1.165, 1.54) is 5.56 Å². The molecule has 0 bridgehead atoms. The lowest BCUT2D eigenvalue weighted by molar-refractivity contribution is -0.643. The molecule has 0 aliphatic rings. The second-order valence-electron chi connectivity index (χ2n) is 3.15. The molecule has 0 aliphatic heterocycles. The van der Waals surface area contributed by atoms with E-state index >= 15 is 0 Å². The quantitative estimate of drug-likeness (QED) is 0.832. The fourth-order valence-electron chi connectivity index (χ4n) is 1.41. The molecule has 1 aromatic carbocycles. The summed E-state index contributed by atoms with van der Waals surface area (Å²) >= 11 is 2.28. The van der Waals surface area contributed by atoms with E-state index in [0.29, 0.717) is 6.61 Å². The van der Waals surface area contributed by atoms with Crippen LogP contribution in [0, 0.1) is 3.57 Å². The lowest BCUT2D eigenvalue weighted by Crippen LogP contribution is -2.77. The van der Waals surface area contributed by atoms with Crippen molar-refractivity contribution in [1.82, 2.24) is 0 Å². The van der Waals surface area contributed by atoms with Gasteiger partial charge in [-0.1, -0.05) is 0 Å². The van der Waals surface area contributed by atoms with Gasteiger partial charge in [-0.05, 0) is 41.6 Å². The number of hydrogen-bond donors (Lipinski definition) is 1. The van der Waals surface area contributed by atoms with Crippen molar-refractivity contribution in [2.45, 2.75) is 13.5 Å². The third-order valence-corrected chi connectivity index (χ3v) is 2.82. The minimum atomic E-state index is 0.658. The molecule has 15 heavy (non-hydrogen) atoms. The highest BCUT2D eigenvalue weighted by atomic mass is 127. The van der Waals surface area contributed by atoms with Crippen molar-refractivity contribution >= 4 is 22.6 Å². The molecule has 84 valence electrons. The minimum absolute atomic E-state index is 0.658. The topological polar surface area (TPSA) is 35.1 Å². The van der Waals surface area contributed by atoms with Gasteiger partial charge in [0.05, 0.1) is 24.3 Å². The molecule has 0 radical (unpaired) electrons. The van der Waals surface area contributed by atoms with Crippen LogP contribution in [-0.2, 0) is 6.54 Å². The molecule has 0 aromatic heterocycles. The summed E-state index contributed by atoms with van der Waals surface area (Å²) in [6, 6.07) is 4.17. The summed E-state index contributed by atoms with van der Waals surface area (Å²) in [6.07, 6.45) is 0. The number of hydrogen-bond acceptors (Lipinski definition) is 2. The Morgan fingerprint density at radius 2 is 2.13 bits per heavy atom. The van der Waals surface area contributed by atoms with Gasteiger partial charge < -0.3 is 14.8 Å². The average molecular weight is 322 g/mol. The van der Waals surface area contributed by atoms with Gasteiger partial charge in [-0.3, -0.25) is 0 Å². The molecule has 0 fully saturated rings. The zero-order valence-corrected chi connectivity index (χ0v) is 11.5. The van der Waals surface area contributed by atoms with Crippen LogP contribution in [0.25, 0.3) is 0 Å². The van der Waals surface area contributed by atoms with Crippen LogP contribution >= 0.6 is 22.6 Å². The van der Waals surface area contributed by atoms with Crippen molar-refractivity contribution in [1.29, 1.82) is 0 Å². The van der Waals surface area contributed by atoms with E-state index < -0.39 is 0 Å². The van der Waals surface area contributed by atoms with Crippen molar-refractivity contribution in [3.8, 4) is 11.5 Å². The smallest absolute Gasteiger partial charge is 0.174 e. The molecule has 3 nitrogen and oxygen atoms in total. The van der Waals surface area contributed by atoms with Crippen LogP contribution in [0.3, 0.4) is 0 Å². The van der Waals surface area contributed by atoms with Gasteiger partial charge in [0.1, 0.15) is 6.54 Å². The molecule has 1 aromatic rings. The van der Waals surface area contributed by atoms with Crippen LogP contribution in [0.1, 0.15) is 12.5 Å². The van der Waals surface area contributed by atoms with Crippen LogP contribution in [0.2, 0.25) is 0 Å². The predicted molar refractivity (Wildman–Crippen MR) is 68.4 cm³/mol. The van der Waals surface area contributed by atoms with Crippen molar-refractivity contribution in [3.63, 3.8) is 0 Å². The van der Waals surface area contributed by atoms with Gasteiger partial charge in [0.2, 0.25) is 0 Å². The highest BCUT2D eigenvalue weighted by molar-refractivity contribution is 14.1. The molecule has 0 unspecified atom stereocenters. The zero-order chi connectivity index (χ0) is 11.3. The van der Waals surface area contributed by atoms with Gasteiger partial charge >= 0.3 is 0 Å². The minimum Gasteiger partial charge on any atom is -0.493 e. The Labute approximate surface area is 104 Å². The summed E-state index contributed by atoms with van der Waals surface area (Å²) in [6.45, 7) is 3.59. The van der Waals surface area contributed by atoms with Crippen LogP contribution in [0.4, 0.5) is 0 Å². The largest absolute Gasteiger partial charge is 0.493 e. The Bertz CT molecular complexity index is 329. The Hall–Kier alpha value is -0.490.